The Morgan fingerprint density at radius 1 is 1.08 bits per heavy atom. The van der Waals surface area contributed by atoms with Crippen molar-refractivity contribution in [2.45, 2.75) is 66.7 Å². The highest BCUT2D eigenvalue weighted by Crippen LogP contribution is 2.20. The van der Waals surface area contributed by atoms with Crippen molar-refractivity contribution < 1.29 is 0 Å². The molecule has 0 unspecified atom stereocenters. The van der Waals surface area contributed by atoms with E-state index >= 15 is 0 Å². The predicted octanol–water partition coefficient (Wildman–Crippen LogP) is 5.20. The summed E-state index contributed by atoms with van der Waals surface area (Å²) in [5.74, 6) is 0.905. The Morgan fingerprint density at radius 3 is 1.69 bits per heavy atom. The summed E-state index contributed by atoms with van der Waals surface area (Å²) in [5.41, 5.74) is 1.34. The zero-order valence-corrected chi connectivity index (χ0v) is 10.3. The first-order valence-corrected chi connectivity index (χ1v) is 5.85. The van der Waals surface area contributed by atoms with Crippen molar-refractivity contribution >= 4 is 0 Å². The van der Waals surface area contributed by atoms with E-state index < -0.39 is 0 Å². The summed E-state index contributed by atoms with van der Waals surface area (Å²) in [6, 6.07) is 0. The molecule has 0 spiro atoms. The van der Waals surface area contributed by atoms with Crippen molar-refractivity contribution in [1.82, 2.24) is 0 Å². The molecule has 0 aromatic rings. The van der Waals surface area contributed by atoms with Crippen molar-refractivity contribution in [2.24, 2.45) is 5.92 Å². The van der Waals surface area contributed by atoms with Gasteiger partial charge in [-0.3, -0.25) is 0 Å². The Hall–Kier alpha value is -0.260. The van der Waals surface area contributed by atoms with Gasteiger partial charge in [0.05, 0.1) is 0 Å². The first-order valence-electron chi connectivity index (χ1n) is 5.85. The van der Waals surface area contributed by atoms with Crippen LogP contribution >= 0.6 is 0 Å². The molecule has 13 heavy (non-hydrogen) atoms. The van der Waals surface area contributed by atoms with Crippen molar-refractivity contribution in [1.29, 1.82) is 0 Å². The first-order chi connectivity index (χ1) is 6.20. The molecule has 0 saturated carbocycles. The van der Waals surface area contributed by atoms with Crippen LogP contribution in [-0.4, -0.2) is 0 Å². The zero-order chi connectivity index (χ0) is 10.7. The highest BCUT2D eigenvalue weighted by Gasteiger charge is 2.05. The predicted molar refractivity (Wildman–Crippen MR) is 64.1 cm³/mol. The quantitative estimate of drug-likeness (QED) is 0.498. The van der Waals surface area contributed by atoms with E-state index in [1.807, 2.05) is 13.8 Å². The minimum Gasteiger partial charge on any atom is -0.100 e. The van der Waals surface area contributed by atoms with Crippen LogP contribution in [0.2, 0.25) is 0 Å². The summed E-state index contributed by atoms with van der Waals surface area (Å²) in [7, 11) is 0. The van der Waals surface area contributed by atoms with Crippen molar-refractivity contribution in [3.05, 3.63) is 12.2 Å². The molecule has 0 amide bonds. The number of hydrogen-bond acceptors (Lipinski definition) is 0. The Kier molecular flexibility index (Phi) is 13.7. The van der Waals surface area contributed by atoms with Crippen LogP contribution in [0.3, 0.4) is 0 Å². The van der Waals surface area contributed by atoms with Gasteiger partial charge >= 0.3 is 0 Å². The topological polar surface area (TPSA) is 0 Å². The third-order valence-electron chi connectivity index (χ3n) is 2.03. The van der Waals surface area contributed by atoms with Crippen LogP contribution in [0.5, 0.6) is 0 Å². The van der Waals surface area contributed by atoms with Crippen LogP contribution in [0, 0.1) is 5.92 Å². The van der Waals surface area contributed by atoms with Crippen LogP contribution in [0.4, 0.5) is 0 Å². The molecule has 0 radical (unpaired) electrons. The van der Waals surface area contributed by atoms with Crippen molar-refractivity contribution in [3.63, 3.8) is 0 Å². The molecular formula is C13H28. The van der Waals surface area contributed by atoms with Gasteiger partial charge in [-0.1, -0.05) is 59.0 Å². The summed E-state index contributed by atoms with van der Waals surface area (Å²) >= 11 is 0. The molecule has 0 atom stereocenters. The molecule has 0 nitrogen and oxygen atoms in total. The number of hydrogen-bond donors (Lipinski definition) is 0. The van der Waals surface area contributed by atoms with Gasteiger partial charge in [-0.15, -0.1) is 6.58 Å². The third-order valence-corrected chi connectivity index (χ3v) is 2.03. The molecule has 0 aromatic carbocycles. The Morgan fingerprint density at radius 2 is 1.46 bits per heavy atom. The van der Waals surface area contributed by atoms with Crippen molar-refractivity contribution in [3.8, 4) is 0 Å². The fraction of sp³-hybridized carbons (Fsp3) is 0.846. The normalized spacial score (nSPS) is 9.38. The number of allylic oxidation sites excluding steroid dienone is 1. The Balaban J connectivity index is 0. The fourth-order valence-electron chi connectivity index (χ4n) is 1.66. The lowest BCUT2D eigenvalue weighted by Crippen LogP contribution is -1.99. The van der Waals surface area contributed by atoms with E-state index in [2.05, 4.69) is 27.4 Å². The van der Waals surface area contributed by atoms with Gasteiger partial charge in [0.1, 0.15) is 0 Å². The number of rotatable bonds is 6. The molecule has 0 aromatic heterocycles. The van der Waals surface area contributed by atoms with Gasteiger partial charge < -0.3 is 0 Å². The summed E-state index contributed by atoms with van der Waals surface area (Å²) in [4.78, 5) is 0. The first kappa shape index (κ1) is 15.2. The van der Waals surface area contributed by atoms with E-state index in [9.17, 15) is 0 Å². The van der Waals surface area contributed by atoms with E-state index in [0.717, 1.165) is 5.92 Å². The molecular weight excluding hydrogens is 156 g/mol. The summed E-state index contributed by atoms with van der Waals surface area (Å²) in [5, 5.41) is 0. The molecule has 80 valence electrons. The Labute approximate surface area is 85.4 Å². The average molecular weight is 184 g/mol. The van der Waals surface area contributed by atoms with Gasteiger partial charge in [0, 0.05) is 0 Å². The maximum Gasteiger partial charge on any atom is -0.0297 e. The van der Waals surface area contributed by atoms with Crippen LogP contribution < -0.4 is 0 Å². The molecule has 0 saturated heterocycles. The smallest absolute Gasteiger partial charge is 0.0297 e. The SMILES string of the molecule is C=C(C)CC(CCC)CCC.CC. The molecule has 0 fully saturated rings. The van der Waals surface area contributed by atoms with Crippen LogP contribution in [0.25, 0.3) is 0 Å². The highest BCUT2D eigenvalue weighted by atomic mass is 14.1. The molecule has 0 N–H and O–H groups in total. The maximum absolute atomic E-state index is 3.96. The lowest BCUT2D eigenvalue weighted by Gasteiger charge is -2.14. The lowest BCUT2D eigenvalue weighted by molar-refractivity contribution is 0.437. The van der Waals surface area contributed by atoms with E-state index in [-0.39, 0.29) is 0 Å². The van der Waals surface area contributed by atoms with E-state index in [1.54, 1.807) is 0 Å². The van der Waals surface area contributed by atoms with Gasteiger partial charge in [-0.25, -0.2) is 0 Å². The maximum atomic E-state index is 3.96. The van der Waals surface area contributed by atoms with Crippen LogP contribution in [0.1, 0.15) is 66.7 Å². The molecule has 0 aliphatic carbocycles. The van der Waals surface area contributed by atoms with E-state index in [1.165, 1.54) is 37.7 Å². The van der Waals surface area contributed by atoms with Gasteiger partial charge in [0.2, 0.25) is 0 Å². The molecule has 0 heterocycles. The highest BCUT2D eigenvalue weighted by molar-refractivity contribution is 4.90. The second-order valence-electron chi connectivity index (χ2n) is 3.60. The van der Waals surface area contributed by atoms with Crippen LogP contribution in [0.15, 0.2) is 12.2 Å². The lowest BCUT2D eigenvalue weighted by atomic mass is 9.92. The van der Waals surface area contributed by atoms with E-state index in [4.69, 9.17) is 0 Å². The average Bonchev–Trinajstić information content (AvgIpc) is 2.08. The second kappa shape index (κ2) is 11.7. The third kappa shape index (κ3) is 11.7. The molecule has 0 bridgehead atoms. The van der Waals surface area contributed by atoms with Crippen molar-refractivity contribution in [2.75, 3.05) is 0 Å². The molecule has 0 rings (SSSR count). The minimum absolute atomic E-state index is 0.905. The van der Waals surface area contributed by atoms with Gasteiger partial charge in [0.25, 0.3) is 0 Å². The van der Waals surface area contributed by atoms with Crippen LogP contribution in [-0.2, 0) is 0 Å². The minimum atomic E-state index is 0.905. The summed E-state index contributed by atoms with van der Waals surface area (Å²) in [6.45, 7) is 14.6. The largest absolute Gasteiger partial charge is 0.100 e. The summed E-state index contributed by atoms with van der Waals surface area (Å²) < 4.78 is 0. The zero-order valence-electron chi connectivity index (χ0n) is 10.3. The molecule has 0 aliphatic rings. The monoisotopic (exact) mass is 184 g/mol. The Bertz CT molecular complexity index is 96.6. The van der Waals surface area contributed by atoms with E-state index in [0.29, 0.717) is 0 Å². The van der Waals surface area contributed by atoms with Gasteiger partial charge in [-0.2, -0.15) is 0 Å². The van der Waals surface area contributed by atoms with Gasteiger partial charge in [-0.05, 0) is 19.3 Å². The molecule has 0 aliphatic heterocycles. The second-order valence-corrected chi connectivity index (χ2v) is 3.60. The summed E-state index contributed by atoms with van der Waals surface area (Å²) in [6.07, 6.45) is 6.62. The molecule has 0 heteroatoms. The standard InChI is InChI=1S/C11H22.C2H6/c1-5-7-11(8-6-2)9-10(3)4;1-2/h11H,3,5-9H2,1-2,4H3;1-2H3. The fourth-order valence-corrected chi connectivity index (χ4v) is 1.66. The van der Waals surface area contributed by atoms with Gasteiger partial charge in [0.15, 0.2) is 0 Å².